The monoisotopic (exact) mass is 283 g/mol. The molecule has 0 spiro atoms. The average molecular weight is 284 g/mol. The van der Waals surface area contributed by atoms with Crippen LogP contribution in [0.2, 0.25) is 0 Å². The molecule has 1 N–H and O–H groups in total. The fourth-order valence-electron chi connectivity index (χ4n) is 2.24. The number of amides is 1. The summed E-state index contributed by atoms with van der Waals surface area (Å²) in [6.07, 6.45) is 1.03. The predicted octanol–water partition coefficient (Wildman–Crippen LogP) is 3.57. The van der Waals surface area contributed by atoms with E-state index in [4.69, 9.17) is 5.11 Å². The zero-order valence-corrected chi connectivity index (χ0v) is 10.7. The van der Waals surface area contributed by atoms with Crippen LogP contribution in [0.15, 0.2) is 22.7 Å². The average Bonchev–Trinajstić information content (AvgIpc) is 2.70. The zero-order valence-electron chi connectivity index (χ0n) is 9.11. The van der Waals surface area contributed by atoms with Crippen molar-refractivity contribution < 1.29 is 9.90 Å². The van der Waals surface area contributed by atoms with E-state index in [0.717, 1.165) is 28.4 Å². The first-order valence-electron chi connectivity index (χ1n) is 5.35. The highest BCUT2D eigenvalue weighted by atomic mass is 79.9. The second kappa shape index (κ2) is 4.45. The quantitative estimate of drug-likeness (QED) is 0.856. The van der Waals surface area contributed by atoms with Crippen molar-refractivity contribution in [3.05, 3.63) is 33.8 Å². The number of hydrogen-bond donors (Lipinski definition) is 1. The third kappa shape index (κ3) is 2.07. The van der Waals surface area contributed by atoms with Crippen LogP contribution >= 0.6 is 15.9 Å². The van der Waals surface area contributed by atoms with Crippen molar-refractivity contribution in [3.8, 4) is 0 Å². The van der Waals surface area contributed by atoms with Crippen LogP contribution in [0.25, 0.3) is 0 Å². The van der Waals surface area contributed by atoms with Crippen molar-refractivity contribution in [2.24, 2.45) is 0 Å². The first-order chi connectivity index (χ1) is 7.59. The molecule has 1 aliphatic heterocycles. The van der Waals surface area contributed by atoms with E-state index in [0.29, 0.717) is 6.54 Å². The normalized spacial score (nSPS) is 20.1. The summed E-state index contributed by atoms with van der Waals surface area (Å²) in [5, 5.41) is 9.12. The predicted molar refractivity (Wildman–Crippen MR) is 65.6 cm³/mol. The van der Waals surface area contributed by atoms with Gasteiger partial charge in [0.15, 0.2) is 0 Å². The van der Waals surface area contributed by atoms with Crippen molar-refractivity contribution in [2.45, 2.75) is 25.8 Å². The van der Waals surface area contributed by atoms with Crippen LogP contribution in [0, 0.1) is 6.92 Å². The molecule has 0 aromatic heterocycles. The molecule has 16 heavy (non-hydrogen) atoms. The molecular formula is C12H14BrNO2. The Balaban J connectivity index is 2.35. The molecule has 86 valence electrons. The Kier molecular flexibility index (Phi) is 3.19. The van der Waals surface area contributed by atoms with E-state index in [-0.39, 0.29) is 6.04 Å². The molecule has 1 fully saturated rings. The maximum atomic E-state index is 11.1. The van der Waals surface area contributed by atoms with Gasteiger partial charge in [0.05, 0.1) is 6.04 Å². The van der Waals surface area contributed by atoms with E-state index in [1.54, 1.807) is 0 Å². The van der Waals surface area contributed by atoms with Crippen molar-refractivity contribution in [1.82, 2.24) is 4.90 Å². The van der Waals surface area contributed by atoms with Gasteiger partial charge in [-0.25, -0.2) is 4.79 Å². The smallest absolute Gasteiger partial charge is 0.407 e. The van der Waals surface area contributed by atoms with Gasteiger partial charge in [-0.1, -0.05) is 33.6 Å². The number of benzene rings is 1. The summed E-state index contributed by atoms with van der Waals surface area (Å²) in [6.45, 7) is 2.66. The summed E-state index contributed by atoms with van der Waals surface area (Å²) >= 11 is 3.50. The molecule has 1 unspecified atom stereocenters. The highest BCUT2D eigenvalue weighted by molar-refractivity contribution is 9.10. The molecule has 0 bridgehead atoms. The van der Waals surface area contributed by atoms with Crippen LogP contribution in [0.5, 0.6) is 0 Å². The largest absolute Gasteiger partial charge is 0.465 e. The van der Waals surface area contributed by atoms with Gasteiger partial charge in [-0.05, 0) is 31.4 Å². The Morgan fingerprint density at radius 3 is 3.00 bits per heavy atom. The number of hydrogen-bond acceptors (Lipinski definition) is 1. The molecule has 3 nitrogen and oxygen atoms in total. The lowest BCUT2D eigenvalue weighted by Gasteiger charge is -2.23. The summed E-state index contributed by atoms with van der Waals surface area (Å²) in [6, 6.07) is 6.08. The van der Waals surface area contributed by atoms with Crippen LogP contribution in [0.1, 0.15) is 30.0 Å². The lowest BCUT2D eigenvalue weighted by Crippen LogP contribution is -2.28. The second-order valence-electron chi connectivity index (χ2n) is 4.16. The van der Waals surface area contributed by atoms with Gasteiger partial charge in [0.2, 0.25) is 0 Å². The van der Waals surface area contributed by atoms with Gasteiger partial charge in [0, 0.05) is 11.0 Å². The molecule has 1 aliphatic rings. The Bertz CT molecular complexity index is 419. The van der Waals surface area contributed by atoms with E-state index in [1.165, 1.54) is 4.90 Å². The highest BCUT2D eigenvalue weighted by Gasteiger charge is 2.30. The zero-order chi connectivity index (χ0) is 11.7. The second-order valence-corrected chi connectivity index (χ2v) is 5.01. The fourth-order valence-corrected chi connectivity index (χ4v) is 2.75. The lowest BCUT2D eigenvalue weighted by molar-refractivity contribution is 0.140. The van der Waals surface area contributed by atoms with Crippen molar-refractivity contribution in [3.63, 3.8) is 0 Å². The van der Waals surface area contributed by atoms with Crippen LogP contribution < -0.4 is 0 Å². The van der Waals surface area contributed by atoms with Gasteiger partial charge in [-0.3, -0.25) is 0 Å². The number of carbonyl (C=O) groups is 1. The molecule has 1 aromatic rings. The van der Waals surface area contributed by atoms with E-state index in [2.05, 4.69) is 22.0 Å². The Labute approximate surface area is 103 Å². The highest BCUT2D eigenvalue weighted by Crippen LogP contribution is 2.36. The first kappa shape index (κ1) is 11.5. The molecule has 0 aliphatic carbocycles. The molecule has 1 saturated heterocycles. The van der Waals surface area contributed by atoms with Crippen LogP contribution in [0.3, 0.4) is 0 Å². The van der Waals surface area contributed by atoms with Gasteiger partial charge in [0.25, 0.3) is 0 Å². The molecule has 1 heterocycles. The van der Waals surface area contributed by atoms with Gasteiger partial charge in [0.1, 0.15) is 0 Å². The minimum atomic E-state index is -0.823. The summed E-state index contributed by atoms with van der Waals surface area (Å²) in [5.74, 6) is 0. The minimum Gasteiger partial charge on any atom is -0.465 e. The summed E-state index contributed by atoms with van der Waals surface area (Å²) in [4.78, 5) is 12.6. The summed E-state index contributed by atoms with van der Waals surface area (Å²) < 4.78 is 0.997. The van der Waals surface area contributed by atoms with Gasteiger partial charge >= 0.3 is 6.09 Å². The van der Waals surface area contributed by atoms with Crippen molar-refractivity contribution in [1.29, 1.82) is 0 Å². The third-order valence-corrected chi connectivity index (χ3v) is 3.73. The molecule has 2 rings (SSSR count). The number of rotatable bonds is 1. The number of likely N-dealkylation sites (tertiary alicyclic amines) is 1. The van der Waals surface area contributed by atoms with Crippen LogP contribution in [0.4, 0.5) is 4.79 Å². The standard InChI is InChI=1S/C12H14BrNO2/c1-8-4-5-10(13)9(7-8)11-3-2-6-14(11)12(15)16/h4-5,7,11H,2-3,6H2,1H3,(H,15,16). The maximum absolute atomic E-state index is 11.1. The third-order valence-electron chi connectivity index (χ3n) is 3.01. The summed E-state index contributed by atoms with van der Waals surface area (Å²) in [5.41, 5.74) is 2.25. The van der Waals surface area contributed by atoms with Gasteiger partial charge in [-0.15, -0.1) is 0 Å². The first-order valence-corrected chi connectivity index (χ1v) is 6.14. The van der Waals surface area contributed by atoms with Crippen molar-refractivity contribution >= 4 is 22.0 Å². The Morgan fingerprint density at radius 2 is 2.31 bits per heavy atom. The molecule has 4 heteroatoms. The molecular weight excluding hydrogens is 270 g/mol. The number of aryl methyl sites for hydroxylation is 1. The molecule has 1 amide bonds. The molecule has 0 saturated carbocycles. The van der Waals surface area contributed by atoms with Gasteiger partial charge in [-0.2, -0.15) is 0 Å². The number of nitrogens with zero attached hydrogens (tertiary/aromatic N) is 1. The van der Waals surface area contributed by atoms with Crippen LogP contribution in [-0.4, -0.2) is 22.6 Å². The number of carboxylic acid groups (broad SMARTS) is 1. The fraction of sp³-hybridized carbons (Fsp3) is 0.417. The Morgan fingerprint density at radius 1 is 1.56 bits per heavy atom. The van der Waals surface area contributed by atoms with Crippen molar-refractivity contribution in [2.75, 3.05) is 6.54 Å². The summed E-state index contributed by atoms with van der Waals surface area (Å²) in [7, 11) is 0. The minimum absolute atomic E-state index is 0.00627. The van der Waals surface area contributed by atoms with E-state index >= 15 is 0 Å². The van der Waals surface area contributed by atoms with E-state index in [9.17, 15) is 4.79 Å². The molecule has 0 radical (unpaired) electrons. The van der Waals surface area contributed by atoms with E-state index in [1.807, 2.05) is 19.1 Å². The Hall–Kier alpha value is -1.03. The lowest BCUT2D eigenvalue weighted by atomic mass is 10.0. The van der Waals surface area contributed by atoms with E-state index < -0.39 is 6.09 Å². The van der Waals surface area contributed by atoms with Crippen LogP contribution in [-0.2, 0) is 0 Å². The SMILES string of the molecule is Cc1ccc(Br)c(C2CCCN2C(=O)O)c1. The molecule has 1 atom stereocenters. The maximum Gasteiger partial charge on any atom is 0.407 e. The van der Waals surface area contributed by atoms with Gasteiger partial charge < -0.3 is 10.0 Å². The topological polar surface area (TPSA) is 40.5 Å². The number of halogens is 1. The molecule has 1 aromatic carbocycles.